The fourth-order valence-electron chi connectivity index (χ4n) is 1.72. The fraction of sp³-hybridized carbons (Fsp3) is 0.417. The largest absolute Gasteiger partial charge is 0.451 e. The van der Waals surface area contributed by atoms with E-state index in [0.717, 1.165) is 0 Å². The smallest absolute Gasteiger partial charge is 0.306 e. The van der Waals surface area contributed by atoms with Gasteiger partial charge in [0.2, 0.25) is 0 Å². The maximum Gasteiger partial charge on any atom is 0.306 e. The number of nitrogens with one attached hydrogen (secondary N) is 1. The van der Waals surface area contributed by atoms with E-state index in [1.165, 1.54) is 0 Å². The number of aromatic nitrogens is 1. The van der Waals surface area contributed by atoms with Crippen LogP contribution in [0.2, 0.25) is 0 Å². The summed E-state index contributed by atoms with van der Waals surface area (Å²) in [6.45, 7) is 1.77. The van der Waals surface area contributed by atoms with Gasteiger partial charge in [0, 0.05) is 19.0 Å². The first-order valence-electron chi connectivity index (χ1n) is 5.50. The van der Waals surface area contributed by atoms with Gasteiger partial charge in [0.25, 0.3) is 0 Å². The van der Waals surface area contributed by atoms with Crippen LogP contribution in [0, 0.1) is 0 Å². The Labute approximate surface area is 99.2 Å². The molecule has 5 nitrogen and oxygen atoms in total. The van der Waals surface area contributed by atoms with Crippen molar-refractivity contribution < 1.29 is 14.3 Å². The van der Waals surface area contributed by atoms with Gasteiger partial charge in [0.1, 0.15) is 5.82 Å². The molecule has 0 aromatic carbocycles. The molecular formula is C12H14N2O3. The van der Waals surface area contributed by atoms with Crippen LogP contribution in [0.4, 0.5) is 5.82 Å². The van der Waals surface area contributed by atoms with Crippen LogP contribution in [-0.2, 0) is 14.3 Å². The first-order chi connectivity index (χ1) is 8.10. The van der Waals surface area contributed by atoms with Crippen molar-refractivity contribution in [3.8, 4) is 0 Å². The van der Waals surface area contributed by atoms with E-state index in [1.54, 1.807) is 25.3 Å². The van der Waals surface area contributed by atoms with Crippen molar-refractivity contribution in [3.05, 3.63) is 24.4 Å². The van der Waals surface area contributed by atoms with Gasteiger partial charge in [-0.3, -0.25) is 9.59 Å². The number of esters is 1. The number of rotatable bonds is 4. The molecule has 0 amide bonds. The lowest BCUT2D eigenvalue weighted by atomic mass is 9.97. The lowest BCUT2D eigenvalue weighted by molar-refractivity contribution is -0.154. The topological polar surface area (TPSA) is 68.3 Å². The van der Waals surface area contributed by atoms with E-state index < -0.39 is 5.60 Å². The standard InChI is InChI=1S/C12H14N2O3/c1-12(6-5-11(16)17-12)9(15)8-14-10-4-2-3-7-13-10/h2-4,7H,5-6,8H2,1H3,(H,13,14). The number of hydrogen-bond donors (Lipinski definition) is 1. The van der Waals surface area contributed by atoms with Gasteiger partial charge in [-0.25, -0.2) is 4.98 Å². The van der Waals surface area contributed by atoms with E-state index in [2.05, 4.69) is 10.3 Å². The Morgan fingerprint density at radius 1 is 1.59 bits per heavy atom. The zero-order chi connectivity index (χ0) is 12.3. The van der Waals surface area contributed by atoms with Gasteiger partial charge in [-0.15, -0.1) is 0 Å². The van der Waals surface area contributed by atoms with Crippen LogP contribution in [0.15, 0.2) is 24.4 Å². The van der Waals surface area contributed by atoms with Crippen LogP contribution in [0.3, 0.4) is 0 Å². The highest BCUT2D eigenvalue weighted by Gasteiger charge is 2.41. The van der Waals surface area contributed by atoms with E-state index in [4.69, 9.17) is 4.74 Å². The molecule has 1 aliphatic heterocycles. The third-order valence-electron chi connectivity index (χ3n) is 2.83. The molecule has 2 heterocycles. The maximum absolute atomic E-state index is 11.9. The minimum atomic E-state index is -0.973. The maximum atomic E-state index is 11.9. The second-order valence-corrected chi connectivity index (χ2v) is 4.20. The Balaban J connectivity index is 1.92. The van der Waals surface area contributed by atoms with Gasteiger partial charge in [-0.2, -0.15) is 0 Å². The third kappa shape index (κ3) is 2.61. The second-order valence-electron chi connectivity index (χ2n) is 4.20. The molecule has 1 saturated heterocycles. The molecular weight excluding hydrogens is 220 g/mol. The average Bonchev–Trinajstić information content (AvgIpc) is 2.69. The van der Waals surface area contributed by atoms with Gasteiger partial charge in [-0.05, 0) is 19.1 Å². The minimum absolute atomic E-state index is 0.112. The number of ether oxygens (including phenoxy) is 1. The summed E-state index contributed by atoms with van der Waals surface area (Å²) in [6, 6.07) is 5.40. The Morgan fingerprint density at radius 2 is 2.41 bits per heavy atom. The van der Waals surface area contributed by atoms with E-state index in [9.17, 15) is 9.59 Å². The molecule has 0 spiro atoms. The quantitative estimate of drug-likeness (QED) is 0.792. The summed E-state index contributed by atoms with van der Waals surface area (Å²) >= 11 is 0. The highest BCUT2D eigenvalue weighted by atomic mass is 16.6. The lowest BCUT2D eigenvalue weighted by Gasteiger charge is -2.20. The van der Waals surface area contributed by atoms with Crippen LogP contribution >= 0.6 is 0 Å². The molecule has 17 heavy (non-hydrogen) atoms. The molecule has 0 radical (unpaired) electrons. The number of cyclic esters (lactones) is 1. The van der Waals surface area contributed by atoms with Crippen molar-refractivity contribution in [1.29, 1.82) is 0 Å². The predicted octanol–water partition coefficient (Wildman–Crippen LogP) is 1.16. The molecule has 90 valence electrons. The van der Waals surface area contributed by atoms with Crippen LogP contribution < -0.4 is 5.32 Å². The summed E-state index contributed by atoms with van der Waals surface area (Å²) in [5.74, 6) is 0.196. The summed E-state index contributed by atoms with van der Waals surface area (Å²) < 4.78 is 5.05. The zero-order valence-electron chi connectivity index (χ0n) is 9.60. The summed E-state index contributed by atoms with van der Waals surface area (Å²) in [4.78, 5) is 27.0. The number of Topliss-reactive ketones (excluding diaryl/α,β-unsaturated/α-hetero) is 1. The lowest BCUT2D eigenvalue weighted by Crippen LogP contribution is -2.39. The van der Waals surface area contributed by atoms with Gasteiger partial charge in [0.15, 0.2) is 11.4 Å². The average molecular weight is 234 g/mol. The van der Waals surface area contributed by atoms with Crippen molar-refractivity contribution in [1.82, 2.24) is 4.98 Å². The molecule has 0 aliphatic carbocycles. The Hall–Kier alpha value is -1.91. The third-order valence-corrected chi connectivity index (χ3v) is 2.83. The second kappa shape index (κ2) is 4.53. The molecule has 2 rings (SSSR count). The van der Waals surface area contributed by atoms with Gasteiger partial charge < -0.3 is 10.1 Å². The monoisotopic (exact) mass is 234 g/mol. The molecule has 1 fully saturated rings. The molecule has 1 atom stereocenters. The molecule has 1 unspecified atom stereocenters. The minimum Gasteiger partial charge on any atom is -0.451 e. The highest BCUT2D eigenvalue weighted by molar-refractivity contribution is 5.94. The van der Waals surface area contributed by atoms with Crippen LogP contribution in [-0.4, -0.2) is 28.9 Å². The van der Waals surface area contributed by atoms with Crippen LogP contribution in [0.1, 0.15) is 19.8 Å². The van der Waals surface area contributed by atoms with E-state index in [-0.39, 0.29) is 18.3 Å². The van der Waals surface area contributed by atoms with Crippen LogP contribution in [0.25, 0.3) is 0 Å². The fourth-order valence-corrected chi connectivity index (χ4v) is 1.72. The molecule has 1 aromatic rings. The van der Waals surface area contributed by atoms with Crippen LogP contribution in [0.5, 0.6) is 0 Å². The summed E-state index contributed by atoms with van der Waals surface area (Å²) in [5.41, 5.74) is -0.973. The Bertz CT molecular complexity index is 433. The van der Waals surface area contributed by atoms with Gasteiger partial charge >= 0.3 is 5.97 Å². The normalized spacial score (nSPS) is 23.2. The number of ketones is 1. The van der Waals surface area contributed by atoms with Crippen molar-refractivity contribution >= 4 is 17.6 Å². The summed E-state index contributed by atoms with van der Waals surface area (Å²) in [5, 5.41) is 2.91. The van der Waals surface area contributed by atoms with E-state index >= 15 is 0 Å². The summed E-state index contributed by atoms with van der Waals surface area (Å²) in [7, 11) is 0. The predicted molar refractivity (Wildman–Crippen MR) is 61.5 cm³/mol. The number of hydrogen-bond acceptors (Lipinski definition) is 5. The van der Waals surface area contributed by atoms with Crippen molar-refractivity contribution in [2.45, 2.75) is 25.4 Å². The first kappa shape index (κ1) is 11.6. The number of anilines is 1. The SMILES string of the molecule is CC1(C(=O)CNc2ccccn2)CCC(=O)O1. The van der Waals surface area contributed by atoms with Crippen molar-refractivity contribution in [2.75, 3.05) is 11.9 Å². The van der Waals surface area contributed by atoms with E-state index in [1.807, 2.05) is 6.07 Å². The molecule has 1 N–H and O–H groups in total. The summed E-state index contributed by atoms with van der Waals surface area (Å²) in [6.07, 6.45) is 2.41. The Morgan fingerprint density at radius 3 is 3.00 bits per heavy atom. The first-order valence-corrected chi connectivity index (χ1v) is 5.50. The number of carbonyl (C=O) groups excluding carboxylic acids is 2. The highest BCUT2D eigenvalue weighted by Crippen LogP contribution is 2.27. The van der Waals surface area contributed by atoms with Gasteiger partial charge in [-0.1, -0.05) is 6.07 Å². The molecule has 1 aromatic heterocycles. The molecule has 5 heteroatoms. The zero-order valence-corrected chi connectivity index (χ0v) is 9.60. The van der Waals surface area contributed by atoms with Crippen molar-refractivity contribution in [2.24, 2.45) is 0 Å². The van der Waals surface area contributed by atoms with Gasteiger partial charge in [0.05, 0.1) is 6.54 Å². The number of pyridine rings is 1. The van der Waals surface area contributed by atoms with Crippen molar-refractivity contribution in [3.63, 3.8) is 0 Å². The number of carbonyl (C=O) groups is 2. The molecule has 1 aliphatic rings. The molecule has 0 bridgehead atoms. The number of nitrogens with zero attached hydrogens (tertiary/aromatic N) is 1. The Kier molecular flexibility index (Phi) is 3.08. The molecule has 0 saturated carbocycles. The van der Waals surface area contributed by atoms with E-state index in [0.29, 0.717) is 18.7 Å².